The zero-order valence-electron chi connectivity index (χ0n) is 15.6. The van der Waals surface area contributed by atoms with Gasteiger partial charge < -0.3 is 15.0 Å². The molecule has 1 aromatic carbocycles. The fourth-order valence-electron chi connectivity index (χ4n) is 3.01. The number of methoxy groups -OCH3 is 1. The molecule has 0 unspecified atom stereocenters. The van der Waals surface area contributed by atoms with Gasteiger partial charge in [0.25, 0.3) is 0 Å². The maximum absolute atomic E-state index is 5.44. The van der Waals surface area contributed by atoms with Crippen LogP contribution in [0.2, 0.25) is 0 Å². The molecule has 1 heterocycles. The van der Waals surface area contributed by atoms with Gasteiger partial charge in [0.15, 0.2) is 0 Å². The van der Waals surface area contributed by atoms with E-state index in [2.05, 4.69) is 42.0 Å². The second-order valence-corrected chi connectivity index (χ2v) is 6.21. The van der Waals surface area contributed by atoms with E-state index in [1.807, 2.05) is 18.3 Å². The van der Waals surface area contributed by atoms with Gasteiger partial charge in [-0.1, -0.05) is 20.3 Å². The SMILES string of the molecule is CCN(CC)CCCCCNc1cc(OC)cc2c(C)ccnc12. The fraction of sp³-hybridized carbons (Fsp3) is 0.550. The first-order valence-corrected chi connectivity index (χ1v) is 9.09. The van der Waals surface area contributed by atoms with E-state index in [4.69, 9.17) is 4.74 Å². The van der Waals surface area contributed by atoms with Crippen LogP contribution >= 0.6 is 0 Å². The van der Waals surface area contributed by atoms with Crippen molar-refractivity contribution < 1.29 is 4.74 Å². The van der Waals surface area contributed by atoms with Gasteiger partial charge in [-0.3, -0.25) is 4.98 Å². The second-order valence-electron chi connectivity index (χ2n) is 6.21. The van der Waals surface area contributed by atoms with E-state index in [0.29, 0.717) is 0 Å². The molecule has 0 bridgehead atoms. The minimum absolute atomic E-state index is 0.877. The number of unbranched alkanes of at least 4 members (excludes halogenated alkanes) is 2. The molecule has 2 rings (SSSR count). The number of pyridine rings is 1. The molecule has 0 amide bonds. The summed E-state index contributed by atoms with van der Waals surface area (Å²) in [6.45, 7) is 11.0. The molecule has 1 N–H and O–H groups in total. The first-order valence-electron chi connectivity index (χ1n) is 9.09. The van der Waals surface area contributed by atoms with Crippen molar-refractivity contribution in [1.82, 2.24) is 9.88 Å². The molecular weight excluding hydrogens is 298 g/mol. The molecule has 0 aliphatic rings. The number of ether oxygens (including phenoxy) is 1. The van der Waals surface area contributed by atoms with Crippen LogP contribution in [0, 0.1) is 6.92 Å². The highest BCUT2D eigenvalue weighted by Gasteiger charge is 2.07. The van der Waals surface area contributed by atoms with E-state index < -0.39 is 0 Å². The minimum Gasteiger partial charge on any atom is -0.497 e. The predicted molar refractivity (Wildman–Crippen MR) is 103 cm³/mol. The summed E-state index contributed by atoms with van der Waals surface area (Å²) >= 11 is 0. The van der Waals surface area contributed by atoms with Crippen molar-refractivity contribution >= 4 is 16.6 Å². The Morgan fingerprint density at radius 3 is 2.62 bits per heavy atom. The maximum Gasteiger partial charge on any atom is 0.121 e. The van der Waals surface area contributed by atoms with Crippen LogP contribution < -0.4 is 10.1 Å². The summed E-state index contributed by atoms with van der Waals surface area (Å²) in [5, 5.41) is 4.70. The number of aromatic nitrogens is 1. The second kappa shape index (κ2) is 9.48. The van der Waals surface area contributed by atoms with Crippen LogP contribution in [0.4, 0.5) is 5.69 Å². The lowest BCUT2D eigenvalue weighted by Crippen LogP contribution is -2.23. The number of hydrogen-bond donors (Lipinski definition) is 1. The molecule has 0 aliphatic carbocycles. The third kappa shape index (κ3) is 4.84. The van der Waals surface area contributed by atoms with Crippen LogP contribution in [0.15, 0.2) is 24.4 Å². The Hall–Kier alpha value is -1.81. The van der Waals surface area contributed by atoms with Gasteiger partial charge in [0.05, 0.1) is 18.3 Å². The highest BCUT2D eigenvalue weighted by atomic mass is 16.5. The van der Waals surface area contributed by atoms with Crippen molar-refractivity contribution in [2.45, 2.75) is 40.0 Å². The molecule has 1 aromatic heterocycles. The number of rotatable bonds is 10. The van der Waals surface area contributed by atoms with E-state index in [1.54, 1.807) is 7.11 Å². The summed E-state index contributed by atoms with van der Waals surface area (Å²) in [4.78, 5) is 7.03. The number of nitrogens with zero attached hydrogens (tertiary/aromatic N) is 2. The summed E-state index contributed by atoms with van der Waals surface area (Å²) in [6, 6.07) is 6.15. The maximum atomic E-state index is 5.44. The molecule has 0 saturated heterocycles. The Kier molecular flexibility index (Phi) is 7.32. The van der Waals surface area contributed by atoms with E-state index in [0.717, 1.165) is 42.0 Å². The highest BCUT2D eigenvalue weighted by Crippen LogP contribution is 2.29. The standard InChI is InChI=1S/C20H31N3O/c1-5-23(6-2)13-9-7-8-11-21-19-15-17(24-4)14-18-16(3)10-12-22-20(18)19/h10,12,14-15,21H,5-9,11,13H2,1-4H3. The van der Waals surface area contributed by atoms with Crippen molar-refractivity contribution in [1.29, 1.82) is 0 Å². The number of benzene rings is 1. The summed E-state index contributed by atoms with van der Waals surface area (Å²) in [5.41, 5.74) is 3.32. The number of anilines is 1. The van der Waals surface area contributed by atoms with E-state index in [-0.39, 0.29) is 0 Å². The molecule has 4 nitrogen and oxygen atoms in total. The van der Waals surface area contributed by atoms with Crippen molar-refractivity contribution in [3.05, 3.63) is 30.0 Å². The molecule has 0 spiro atoms. The predicted octanol–water partition coefficient (Wildman–Crippen LogP) is 4.48. The van der Waals surface area contributed by atoms with Gasteiger partial charge >= 0.3 is 0 Å². The highest BCUT2D eigenvalue weighted by molar-refractivity contribution is 5.93. The summed E-state index contributed by atoms with van der Waals surface area (Å²) in [7, 11) is 1.71. The summed E-state index contributed by atoms with van der Waals surface area (Å²) in [5.74, 6) is 0.877. The number of nitrogens with one attached hydrogen (secondary N) is 1. The molecule has 0 aliphatic heterocycles. The van der Waals surface area contributed by atoms with Crippen molar-refractivity contribution in [2.24, 2.45) is 0 Å². The fourth-order valence-corrected chi connectivity index (χ4v) is 3.01. The van der Waals surface area contributed by atoms with E-state index >= 15 is 0 Å². The van der Waals surface area contributed by atoms with Crippen molar-refractivity contribution in [2.75, 3.05) is 38.6 Å². The average molecular weight is 329 g/mol. The van der Waals surface area contributed by atoms with Gasteiger partial charge in [-0.25, -0.2) is 0 Å². The zero-order valence-corrected chi connectivity index (χ0v) is 15.6. The summed E-state index contributed by atoms with van der Waals surface area (Å²) < 4.78 is 5.44. The monoisotopic (exact) mass is 329 g/mol. The normalized spacial score (nSPS) is 11.2. The third-order valence-corrected chi connectivity index (χ3v) is 4.63. The molecule has 0 fully saturated rings. The molecule has 4 heteroatoms. The number of fused-ring (bicyclic) bond motifs is 1. The lowest BCUT2D eigenvalue weighted by Gasteiger charge is -2.17. The lowest BCUT2D eigenvalue weighted by molar-refractivity contribution is 0.296. The lowest BCUT2D eigenvalue weighted by atomic mass is 10.1. The third-order valence-electron chi connectivity index (χ3n) is 4.63. The van der Waals surface area contributed by atoms with Gasteiger partial charge in [-0.05, 0) is 57.1 Å². The molecular formula is C20H31N3O. The van der Waals surface area contributed by atoms with Crippen LogP contribution in [0.5, 0.6) is 5.75 Å². The zero-order chi connectivity index (χ0) is 17.4. The molecule has 132 valence electrons. The summed E-state index contributed by atoms with van der Waals surface area (Å²) in [6.07, 6.45) is 5.56. The van der Waals surface area contributed by atoms with Gasteiger partial charge in [0.1, 0.15) is 5.75 Å². The number of hydrogen-bond acceptors (Lipinski definition) is 4. The molecule has 0 radical (unpaired) electrons. The Morgan fingerprint density at radius 1 is 1.12 bits per heavy atom. The molecule has 24 heavy (non-hydrogen) atoms. The smallest absolute Gasteiger partial charge is 0.121 e. The van der Waals surface area contributed by atoms with Gasteiger partial charge in [0.2, 0.25) is 0 Å². The van der Waals surface area contributed by atoms with Crippen molar-refractivity contribution in [3.8, 4) is 5.75 Å². The Morgan fingerprint density at radius 2 is 1.92 bits per heavy atom. The van der Waals surface area contributed by atoms with E-state index in [1.165, 1.54) is 31.4 Å². The van der Waals surface area contributed by atoms with Crippen LogP contribution in [0.25, 0.3) is 10.9 Å². The first kappa shape index (κ1) is 18.5. The van der Waals surface area contributed by atoms with Crippen LogP contribution in [-0.4, -0.2) is 43.2 Å². The number of aryl methyl sites for hydroxylation is 1. The molecule has 2 aromatic rings. The molecule has 0 atom stereocenters. The topological polar surface area (TPSA) is 37.4 Å². The van der Waals surface area contributed by atoms with Gasteiger partial charge in [-0.15, -0.1) is 0 Å². The van der Waals surface area contributed by atoms with E-state index in [9.17, 15) is 0 Å². The van der Waals surface area contributed by atoms with Crippen LogP contribution in [0.3, 0.4) is 0 Å². The van der Waals surface area contributed by atoms with Crippen LogP contribution in [-0.2, 0) is 0 Å². The molecule has 0 saturated carbocycles. The van der Waals surface area contributed by atoms with Gasteiger partial charge in [-0.2, -0.15) is 0 Å². The Bertz CT molecular complexity index is 638. The largest absolute Gasteiger partial charge is 0.497 e. The quantitative estimate of drug-likeness (QED) is 0.652. The Balaban J connectivity index is 1.92. The van der Waals surface area contributed by atoms with Crippen LogP contribution in [0.1, 0.15) is 38.7 Å². The van der Waals surface area contributed by atoms with Gasteiger partial charge in [0, 0.05) is 24.2 Å². The van der Waals surface area contributed by atoms with Crippen molar-refractivity contribution in [3.63, 3.8) is 0 Å². The minimum atomic E-state index is 0.877. The average Bonchev–Trinajstić information content (AvgIpc) is 2.61. The first-order chi connectivity index (χ1) is 11.7. The Labute approximate surface area is 146 Å².